The minimum atomic E-state index is -6.21. The quantitative estimate of drug-likeness (QED) is 0.449. The molecule has 0 atom stereocenters. The second-order valence-electron chi connectivity index (χ2n) is 5.33. The molecule has 0 saturated heterocycles. The van der Waals surface area contributed by atoms with Gasteiger partial charge in [-0.2, -0.15) is 21.6 Å². The zero-order valence-corrected chi connectivity index (χ0v) is 14.8. The molecule has 1 heterocycles. The van der Waals surface area contributed by atoms with Crippen LogP contribution in [0.3, 0.4) is 0 Å². The molecule has 0 fully saturated rings. The Morgan fingerprint density at radius 2 is 1.78 bits per heavy atom. The number of nitrogens with zero attached hydrogens (tertiary/aromatic N) is 1. The number of thioether (sulfide) groups is 1. The minimum absolute atomic E-state index is 0.149. The zero-order valence-electron chi connectivity index (χ0n) is 13.2. The number of aliphatic hydroxyl groups excluding tert-OH is 1. The fourth-order valence-corrected chi connectivity index (χ4v) is 3.67. The van der Waals surface area contributed by atoms with E-state index in [2.05, 4.69) is 4.28 Å². The molecule has 0 radical (unpaired) electrons. The molecular formula is C15H10F3NO6S2. The van der Waals surface area contributed by atoms with Crippen LogP contribution >= 0.6 is 11.8 Å². The second-order valence-corrected chi connectivity index (χ2v) is 8.01. The molecule has 1 aliphatic rings. The largest absolute Gasteiger partial charge is 0.525 e. The molecule has 0 aliphatic carbocycles. The SMILES string of the molecule is O=C1c2cccc3cc(SCCO)cc(c23)C(=O)N1OS(=O)(=O)C(F)(F)F. The topological polar surface area (TPSA) is 101 Å². The molecule has 0 aromatic heterocycles. The van der Waals surface area contributed by atoms with Crippen LogP contribution in [0.2, 0.25) is 0 Å². The Morgan fingerprint density at radius 1 is 1.11 bits per heavy atom. The highest BCUT2D eigenvalue weighted by Crippen LogP contribution is 2.35. The van der Waals surface area contributed by atoms with E-state index < -0.39 is 32.5 Å². The average molecular weight is 421 g/mol. The van der Waals surface area contributed by atoms with Crippen molar-refractivity contribution in [1.29, 1.82) is 0 Å². The standard InChI is InChI=1S/C15H10F3NO6S2/c16-15(17,18)27(23,24)25-19-13(21)10-3-1-2-8-6-9(26-5-4-20)7-11(12(8)10)14(19)22/h1-3,6-7,20H,4-5H2. The van der Waals surface area contributed by atoms with E-state index in [0.29, 0.717) is 16.0 Å². The number of benzene rings is 2. The normalized spacial score (nSPS) is 14.9. The first-order valence-electron chi connectivity index (χ1n) is 7.27. The number of hydrogen-bond acceptors (Lipinski definition) is 7. The fourth-order valence-electron chi connectivity index (χ4n) is 2.51. The lowest BCUT2D eigenvalue weighted by Crippen LogP contribution is -2.44. The number of aliphatic hydroxyl groups is 1. The number of imide groups is 1. The first-order chi connectivity index (χ1) is 12.6. The Hall–Kier alpha value is -2.15. The van der Waals surface area contributed by atoms with Crippen molar-refractivity contribution in [3.8, 4) is 0 Å². The maximum atomic E-state index is 12.6. The third-order valence-electron chi connectivity index (χ3n) is 3.60. The number of amides is 2. The summed E-state index contributed by atoms with van der Waals surface area (Å²) in [5.41, 5.74) is -6.16. The molecule has 0 unspecified atom stereocenters. The third-order valence-corrected chi connectivity index (χ3v) is 5.46. The van der Waals surface area contributed by atoms with Crippen LogP contribution < -0.4 is 0 Å². The number of halogens is 3. The number of hydrogen-bond donors (Lipinski definition) is 1. The van der Waals surface area contributed by atoms with Crippen molar-refractivity contribution in [3.63, 3.8) is 0 Å². The van der Waals surface area contributed by atoms with Gasteiger partial charge in [0.1, 0.15) is 0 Å². The van der Waals surface area contributed by atoms with Crippen LogP contribution in [0.15, 0.2) is 35.2 Å². The van der Waals surface area contributed by atoms with E-state index in [0.717, 1.165) is 0 Å². The van der Waals surface area contributed by atoms with Gasteiger partial charge in [0.15, 0.2) is 0 Å². The Morgan fingerprint density at radius 3 is 2.41 bits per heavy atom. The van der Waals surface area contributed by atoms with Crippen molar-refractivity contribution in [2.75, 3.05) is 12.4 Å². The van der Waals surface area contributed by atoms with Gasteiger partial charge in [-0.15, -0.1) is 21.1 Å². The molecule has 3 rings (SSSR count). The highest BCUT2D eigenvalue weighted by Gasteiger charge is 2.51. The molecule has 0 spiro atoms. The molecule has 1 aliphatic heterocycles. The van der Waals surface area contributed by atoms with E-state index in [9.17, 15) is 31.2 Å². The summed E-state index contributed by atoms with van der Waals surface area (Å²) in [6.07, 6.45) is 0. The minimum Gasteiger partial charge on any atom is -0.396 e. The van der Waals surface area contributed by atoms with E-state index in [1.165, 1.54) is 30.0 Å². The van der Waals surface area contributed by atoms with Crippen LogP contribution in [0.1, 0.15) is 20.7 Å². The van der Waals surface area contributed by atoms with Gasteiger partial charge in [0, 0.05) is 16.0 Å². The van der Waals surface area contributed by atoms with E-state index in [1.807, 2.05) is 0 Å². The smallest absolute Gasteiger partial charge is 0.396 e. The van der Waals surface area contributed by atoms with Gasteiger partial charge in [0.2, 0.25) is 0 Å². The van der Waals surface area contributed by atoms with Gasteiger partial charge in [-0.3, -0.25) is 9.59 Å². The number of alkyl halides is 3. The lowest BCUT2D eigenvalue weighted by atomic mass is 9.95. The molecule has 144 valence electrons. The summed E-state index contributed by atoms with van der Waals surface area (Å²) in [5.74, 6) is -2.36. The van der Waals surface area contributed by atoms with Crippen LogP contribution in [-0.2, 0) is 14.4 Å². The summed E-state index contributed by atoms with van der Waals surface area (Å²) in [6, 6.07) is 7.22. The van der Waals surface area contributed by atoms with Gasteiger partial charge in [0.05, 0.1) is 17.7 Å². The fraction of sp³-hybridized carbons (Fsp3) is 0.200. The summed E-state index contributed by atoms with van der Waals surface area (Å²) >= 11 is 1.17. The van der Waals surface area contributed by atoms with Crippen LogP contribution in [0.25, 0.3) is 10.8 Å². The first kappa shape index (κ1) is 19.6. The molecule has 2 amide bonds. The molecule has 0 saturated carbocycles. The lowest BCUT2D eigenvalue weighted by Gasteiger charge is -2.26. The van der Waals surface area contributed by atoms with Crippen molar-refractivity contribution in [2.45, 2.75) is 10.4 Å². The van der Waals surface area contributed by atoms with E-state index >= 15 is 0 Å². The number of carbonyl (C=O) groups is 2. The van der Waals surface area contributed by atoms with Gasteiger partial charge >= 0.3 is 15.6 Å². The summed E-state index contributed by atoms with van der Waals surface area (Å²) in [7, 11) is -6.21. The van der Waals surface area contributed by atoms with Crippen LogP contribution in [0, 0.1) is 0 Å². The number of hydroxylamine groups is 2. The molecule has 7 nitrogen and oxygen atoms in total. The highest BCUT2D eigenvalue weighted by molar-refractivity contribution is 7.99. The van der Waals surface area contributed by atoms with Gasteiger partial charge < -0.3 is 5.11 Å². The van der Waals surface area contributed by atoms with Crippen molar-refractivity contribution in [3.05, 3.63) is 41.5 Å². The lowest BCUT2D eigenvalue weighted by molar-refractivity contribution is -0.0761. The van der Waals surface area contributed by atoms with Crippen LogP contribution in [0.5, 0.6) is 0 Å². The Bertz CT molecular complexity index is 1050. The first-order valence-corrected chi connectivity index (χ1v) is 9.66. The Kier molecular flexibility index (Phi) is 4.93. The Labute approximate surface area is 154 Å². The van der Waals surface area contributed by atoms with Gasteiger partial charge in [0.25, 0.3) is 11.8 Å². The highest BCUT2D eigenvalue weighted by atomic mass is 32.2. The van der Waals surface area contributed by atoms with Crippen LogP contribution in [0.4, 0.5) is 13.2 Å². The molecule has 2 aromatic rings. The van der Waals surface area contributed by atoms with E-state index in [4.69, 9.17) is 5.11 Å². The Balaban J connectivity index is 2.13. The van der Waals surface area contributed by atoms with E-state index in [-0.39, 0.29) is 23.1 Å². The van der Waals surface area contributed by atoms with Crippen molar-refractivity contribution < 1.29 is 40.6 Å². The van der Waals surface area contributed by atoms with E-state index in [1.54, 1.807) is 12.1 Å². The molecule has 0 bridgehead atoms. The molecule has 12 heteroatoms. The molecule has 2 aromatic carbocycles. The summed E-state index contributed by atoms with van der Waals surface area (Å²) in [5, 5.41) is 9.17. The molecular weight excluding hydrogens is 411 g/mol. The predicted molar refractivity (Wildman–Crippen MR) is 88.3 cm³/mol. The second kappa shape index (κ2) is 6.78. The average Bonchev–Trinajstić information content (AvgIpc) is 2.60. The number of carbonyl (C=O) groups excluding carboxylic acids is 2. The van der Waals surface area contributed by atoms with Crippen molar-refractivity contribution in [1.82, 2.24) is 5.06 Å². The summed E-state index contributed by atoms with van der Waals surface area (Å²) in [6.45, 7) is -0.149. The monoisotopic (exact) mass is 421 g/mol. The van der Waals surface area contributed by atoms with Crippen LogP contribution in [-0.4, -0.2) is 48.3 Å². The van der Waals surface area contributed by atoms with Gasteiger partial charge in [-0.25, -0.2) is 0 Å². The van der Waals surface area contributed by atoms with Gasteiger partial charge in [-0.1, -0.05) is 12.1 Å². The molecule has 1 N–H and O–H groups in total. The van der Waals surface area contributed by atoms with Gasteiger partial charge in [-0.05, 0) is 23.6 Å². The maximum Gasteiger partial charge on any atom is 0.525 e. The summed E-state index contributed by atoms with van der Waals surface area (Å²) in [4.78, 5) is 25.4. The van der Waals surface area contributed by atoms with Crippen molar-refractivity contribution in [2.24, 2.45) is 0 Å². The number of rotatable bonds is 5. The zero-order chi connectivity index (χ0) is 20.0. The summed E-state index contributed by atoms with van der Waals surface area (Å²) < 4.78 is 64.1. The molecule has 27 heavy (non-hydrogen) atoms. The predicted octanol–water partition coefficient (Wildman–Crippen LogP) is 2.30. The van der Waals surface area contributed by atoms with Crippen molar-refractivity contribution >= 4 is 44.5 Å². The third kappa shape index (κ3) is 3.40. The maximum absolute atomic E-state index is 12.6.